The number of esters is 1. The molecule has 1 aromatic rings. The summed E-state index contributed by atoms with van der Waals surface area (Å²) in [6.07, 6.45) is 1.95. The van der Waals surface area contributed by atoms with E-state index in [1.54, 1.807) is 0 Å². The van der Waals surface area contributed by atoms with Crippen molar-refractivity contribution in [3.05, 3.63) is 38.4 Å². The Morgan fingerprint density at radius 2 is 2.09 bits per heavy atom. The highest BCUT2D eigenvalue weighted by Crippen LogP contribution is 2.30. The van der Waals surface area contributed by atoms with Crippen molar-refractivity contribution in [2.75, 3.05) is 12.5 Å². The third-order valence-electron chi connectivity index (χ3n) is 3.52. The molecule has 0 radical (unpaired) electrons. The smallest absolute Gasteiger partial charge is 0.314 e. The molecule has 23 heavy (non-hydrogen) atoms. The van der Waals surface area contributed by atoms with E-state index in [9.17, 15) is 25.0 Å². The van der Waals surface area contributed by atoms with E-state index < -0.39 is 27.4 Å². The van der Waals surface area contributed by atoms with Gasteiger partial charge in [0.05, 0.1) is 34.7 Å². The van der Waals surface area contributed by atoms with Crippen LogP contribution in [0.3, 0.4) is 0 Å². The number of non-ortho nitro benzene ring substituents is 1. The van der Waals surface area contributed by atoms with E-state index in [1.165, 1.54) is 13.2 Å². The number of hydrogen-bond acceptors (Lipinski definition) is 8. The van der Waals surface area contributed by atoms with Gasteiger partial charge in [-0.05, 0) is 25.3 Å². The van der Waals surface area contributed by atoms with Gasteiger partial charge in [0, 0.05) is 6.07 Å². The van der Waals surface area contributed by atoms with Crippen LogP contribution in [0.2, 0.25) is 0 Å². The van der Waals surface area contributed by atoms with E-state index in [1.807, 2.05) is 0 Å². The molecule has 0 aliphatic heterocycles. The van der Waals surface area contributed by atoms with Crippen molar-refractivity contribution >= 4 is 28.7 Å². The number of carbonyl (C=O) groups excluding carboxylic acids is 1. The molecular weight excluding hydrogens is 308 g/mol. The van der Waals surface area contributed by atoms with Crippen LogP contribution in [-0.4, -0.2) is 28.6 Å². The number of hydrogen-bond donors (Lipinski definition) is 1. The van der Waals surface area contributed by atoms with Gasteiger partial charge in [-0.15, -0.1) is 0 Å². The number of carbonyl (C=O) groups is 1. The second-order valence-corrected chi connectivity index (χ2v) is 4.90. The summed E-state index contributed by atoms with van der Waals surface area (Å²) in [6, 6.07) is 3.21. The van der Waals surface area contributed by atoms with Crippen LogP contribution >= 0.6 is 0 Å². The molecule has 0 amide bonds. The van der Waals surface area contributed by atoms with E-state index in [0.29, 0.717) is 18.6 Å². The number of benzene rings is 1. The molecule has 0 aromatic heterocycles. The van der Waals surface area contributed by atoms with Gasteiger partial charge >= 0.3 is 11.7 Å². The Bertz CT molecular complexity index is 687. The van der Waals surface area contributed by atoms with Gasteiger partial charge in [-0.25, -0.2) is 0 Å². The number of nitrogens with zero attached hydrogens (tertiary/aromatic N) is 3. The standard InChI is InChI=1S/C13H14N4O6/c1-23-13(18)9-3-2-4-10(9)14-15-11-6-5-8(16(19)20)7-12(11)17(21)22/h5-7,9,15H,2-4H2,1H3/b14-10+/t9-/m1/s1. The van der Waals surface area contributed by atoms with Crippen LogP contribution < -0.4 is 5.43 Å². The predicted molar refractivity (Wildman–Crippen MR) is 80.2 cm³/mol. The number of anilines is 1. The summed E-state index contributed by atoms with van der Waals surface area (Å²) >= 11 is 0. The summed E-state index contributed by atoms with van der Waals surface area (Å²) in [5.74, 6) is -0.870. The van der Waals surface area contributed by atoms with Crippen molar-refractivity contribution < 1.29 is 19.4 Å². The molecule has 10 heteroatoms. The molecule has 0 heterocycles. The predicted octanol–water partition coefficient (Wildman–Crippen LogP) is 2.24. The largest absolute Gasteiger partial charge is 0.469 e. The third-order valence-corrected chi connectivity index (χ3v) is 3.52. The highest BCUT2D eigenvalue weighted by molar-refractivity contribution is 6.03. The van der Waals surface area contributed by atoms with Crippen molar-refractivity contribution in [1.82, 2.24) is 0 Å². The van der Waals surface area contributed by atoms with Crippen LogP contribution in [-0.2, 0) is 9.53 Å². The monoisotopic (exact) mass is 322 g/mol. The van der Waals surface area contributed by atoms with Gasteiger partial charge in [0.15, 0.2) is 0 Å². The molecule has 10 nitrogen and oxygen atoms in total. The fraction of sp³-hybridized carbons (Fsp3) is 0.385. The second kappa shape index (κ2) is 6.81. The molecule has 0 spiro atoms. The van der Waals surface area contributed by atoms with E-state index in [-0.39, 0.29) is 11.4 Å². The average Bonchev–Trinajstić information content (AvgIpc) is 3.00. The number of nitro benzene ring substituents is 2. The maximum Gasteiger partial charge on any atom is 0.314 e. The van der Waals surface area contributed by atoms with E-state index in [2.05, 4.69) is 15.3 Å². The van der Waals surface area contributed by atoms with Crippen molar-refractivity contribution in [1.29, 1.82) is 0 Å². The molecule has 122 valence electrons. The average molecular weight is 322 g/mol. The number of hydrazone groups is 1. The Kier molecular flexibility index (Phi) is 4.84. The molecule has 1 saturated carbocycles. The van der Waals surface area contributed by atoms with Gasteiger partial charge < -0.3 is 4.74 Å². The first-order valence-electron chi connectivity index (χ1n) is 6.77. The minimum absolute atomic E-state index is 0.0172. The summed E-state index contributed by atoms with van der Waals surface area (Å²) < 4.78 is 4.69. The molecule has 1 aliphatic rings. The van der Waals surface area contributed by atoms with Crippen LogP contribution in [0.25, 0.3) is 0 Å². The Hall–Kier alpha value is -3.04. The summed E-state index contributed by atoms with van der Waals surface area (Å²) in [5.41, 5.74) is 2.24. The maximum absolute atomic E-state index is 11.6. The zero-order valence-electron chi connectivity index (χ0n) is 12.2. The molecule has 0 unspecified atom stereocenters. The Labute approximate surface area is 130 Å². The van der Waals surface area contributed by atoms with Crippen LogP contribution in [0.4, 0.5) is 17.1 Å². The molecule has 2 rings (SSSR count). The maximum atomic E-state index is 11.6. The molecule has 1 N–H and O–H groups in total. The van der Waals surface area contributed by atoms with Crippen LogP contribution in [0, 0.1) is 26.1 Å². The topological polar surface area (TPSA) is 137 Å². The minimum Gasteiger partial charge on any atom is -0.469 e. The van der Waals surface area contributed by atoms with Gasteiger partial charge in [0.25, 0.3) is 5.69 Å². The zero-order chi connectivity index (χ0) is 17.0. The lowest BCUT2D eigenvalue weighted by Gasteiger charge is -2.09. The summed E-state index contributed by atoms with van der Waals surface area (Å²) in [7, 11) is 1.28. The van der Waals surface area contributed by atoms with Crippen molar-refractivity contribution in [3.63, 3.8) is 0 Å². The molecule has 1 aliphatic carbocycles. The van der Waals surface area contributed by atoms with Crippen LogP contribution in [0.15, 0.2) is 23.3 Å². The summed E-state index contributed by atoms with van der Waals surface area (Å²) in [5, 5.41) is 25.8. The van der Waals surface area contributed by atoms with Crippen molar-refractivity contribution in [3.8, 4) is 0 Å². The van der Waals surface area contributed by atoms with Crippen LogP contribution in [0.5, 0.6) is 0 Å². The van der Waals surface area contributed by atoms with Gasteiger partial charge in [-0.1, -0.05) is 0 Å². The second-order valence-electron chi connectivity index (χ2n) is 4.90. The number of nitrogens with one attached hydrogen (secondary N) is 1. The first-order valence-corrected chi connectivity index (χ1v) is 6.77. The molecule has 0 bridgehead atoms. The van der Waals surface area contributed by atoms with Gasteiger partial charge in [0.2, 0.25) is 0 Å². The third kappa shape index (κ3) is 3.59. The highest BCUT2D eigenvalue weighted by atomic mass is 16.6. The van der Waals surface area contributed by atoms with Crippen LogP contribution in [0.1, 0.15) is 19.3 Å². The minimum atomic E-state index is -0.734. The van der Waals surface area contributed by atoms with Gasteiger partial charge in [0.1, 0.15) is 5.69 Å². The first kappa shape index (κ1) is 16.3. The highest BCUT2D eigenvalue weighted by Gasteiger charge is 2.30. The Balaban J connectivity index is 2.26. The van der Waals surface area contributed by atoms with Crippen molar-refractivity contribution in [2.45, 2.75) is 19.3 Å². The molecule has 1 atom stereocenters. The Morgan fingerprint density at radius 1 is 1.35 bits per heavy atom. The quantitative estimate of drug-likeness (QED) is 0.498. The summed E-state index contributed by atoms with van der Waals surface area (Å²) in [4.78, 5) is 31.9. The lowest BCUT2D eigenvalue weighted by Crippen LogP contribution is -2.21. The lowest BCUT2D eigenvalue weighted by molar-refractivity contribution is -0.393. The Morgan fingerprint density at radius 3 is 2.70 bits per heavy atom. The number of ether oxygens (including phenoxy) is 1. The van der Waals surface area contributed by atoms with Gasteiger partial charge in [-0.3, -0.25) is 30.4 Å². The molecular formula is C13H14N4O6. The molecule has 1 fully saturated rings. The molecule has 1 aromatic carbocycles. The fourth-order valence-corrected chi connectivity index (χ4v) is 2.37. The SMILES string of the molecule is COC(=O)[C@@H]1CCC/C1=N\Nc1ccc([N+](=O)[O-])cc1[N+](=O)[O-]. The van der Waals surface area contributed by atoms with E-state index in [4.69, 9.17) is 0 Å². The number of rotatable bonds is 5. The first-order chi connectivity index (χ1) is 10.9. The molecule has 0 saturated heterocycles. The van der Waals surface area contributed by atoms with E-state index in [0.717, 1.165) is 18.6 Å². The fourth-order valence-electron chi connectivity index (χ4n) is 2.37. The summed E-state index contributed by atoms with van der Waals surface area (Å²) in [6.45, 7) is 0. The number of nitro groups is 2. The zero-order valence-corrected chi connectivity index (χ0v) is 12.2. The lowest BCUT2D eigenvalue weighted by atomic mass is 10.1. The van der Waals surface area contributed by atoms with E-state index >= 15 is 0 Å². The normalized spacial score (nSPS) is 18.7. The van der Waals surface area contributed by atoms with Gasteiger partial charge in [-0.2, -0.15) is 5.10 Å². The van der Waals surface area contributed by atoms with Crippen molar-refractivity contribution in [2.24, 2.45) is 11.0 Å². The number of methoxy groups -OCH3 is 1.